The van der Waals surface area contributed by atoms with Crippen molar-refractivity contribution < 1.29 is 4.79 Å². The molecule has 0 saturated carbocycles. The fraction of sp³-hybridized carbons (Fsp3) is 0.357. The minimum absolute atomic E-state index is 0.211. The van der Waals surface area contributed by atoms with Gasteiger partial charge in [0, 0.05) is 17.7 Å². The molecule has 2 N–H and O–H groups in total. The van der Waals surface area contributed by atoms with E-state index in [-0.39, 0.29) is 5.78 Å². The lowest BCUT2D eigenvalue weighted by molar-refractivity contribution is 0.0979. The van der Waals surface area contributed by atoms with Gasteiger partial charge < -0.3 is 5.73 Å². The van der Waals surface area contributed by atoms with E-state index in [0.717, 1.165) is 24.8 Å². The van der Waals surface area contributed by atoms with E-state index in [2.05, 4.69) is 6.58 Å². The molecule has 0 bridgehead atoms. The van der Waals surface area contributed by atoms with Crippen LogP contribution in [0.15, 0.2) is 36.5 Å². The van der Waals surface area contributed by atoms with E-state index in [0.29, 0.717) is 12.1 Å². The molecular formula is C14H19NO. The Labute approximate surface area is 97.2 Å². The summed E-state index contributed by atoms with van der Waals surface area (Å²) in [6, 6.07) is 7.71. The molecule has 0 unspecified atom stereocenters. The third kappa shape index (κ3) is 4.30. The molecule has 0 aliphatic rings. The summed E-state index contributed by atoms with van der Waals surface area (Å²) in [4.78, 5) is 11.7. The Morgan fingerprint density at radius 3 is 2.31 bits per heavy atom. The van der Waals surface area contributed by atoms with Crippen molar-refractivity contribution in [3.05, 3.63) is 47.7 Å². The van der Waals surface area contributed by atoms with Gasteiger partial charge in [-0.3, -0.25) is 4.79 Å². The maximum atomic E-state index is 11.7. The van der Waals surface area contributed by atoms with Gasteiger partial charge in [0.15, 0.2) is 5.78 Å². The molecule has 16 heavy (non-hydrogen) atoms. The summed E-state index contributed by atoms with van der Waals surface area (Å²) in [7, 11) is 0. The predicted molar refractivity (Wildman–Crippen MR) is 67.3 cm³/mol. The van der Waals surface area contributed by atoms with Crippen molar-refractivity contribution in [2.45, 2.75) is 32.6 Å². The number of hydrogen-bond donors (Lipinski definition) is 1. The Balaban J connectivity index is 2.35. The molecule has 1 aromatic carbocycles. The molecule has 0 aromatic heterocycles. The van der Waals surface area contributed by atoms with Crippen LogP contribution in [0.2, 0.25) is 0 Å². The van der Waals surface area contributed by atoms with Gasteiger partial charge in [-0.1, -0.05) is 36.4 Å². The van der Waals surface area contributed by atoms with E-state index >= 15 is 0 Å². The van der Waals surface area contributed by atoms with Gasteiger partial charge in [-0.15, -0.1) is 0 Å². The molecule has 1 rings (SSSR count). The first-order chi connectivity index (χ1) is 7.59. The highest BCUT2D eigenvalue weighted by atomic mass is 16.1. The number of Topliss-reactive ketones (excluding diaryl/α,β-unsaturated/α-hetero) is 1. The number of benzene rings is 1. The molecule has 0 aliphatic carbocycles. The fourth-order valence-corrected chi connectivity index (χ4v) is 1.52. The Morgan fingerprint density at radius 2 is 1.75 bits per heavy atom. The van der Waals surface area contributed by atoms with Crippen molar-refractivity contribution >= 4 is 5.78 Å². The Bertz CT molecular complexity index is 365. The largest absolute Gasteiger partial charge is 0.403 e. The number of rotatable bonds is 6. The van der Waals surface area contributed by atoms with Crippen molar-refractivity contribution in [3.8, 4) is 0 Å². The van der Waals surface area contributed by atoms with Crippen LogP contribution in [0, 0.1) is 6.92 Å². The first kappa shape index (κ1) is 12.5. The molecule has 86 valence electrons. The molecule has 2 heteroatoms. The second-order valence-corrected chi connectivity index (χ2v) is 4.15. The normalized spacial score (nSPS) is 10.1. The van der Waals surface area contributed by atoms with Crippen molar-refractivity contribution in [1.82, 2.24) is 0 Å². The van der Waals surface area contributed by atoms with Gasteiger partial charge in [-0.05, 0) is 26.2 Å². The van der Waals surface area contributed by atoms with Gasteiger partial charge >= 0.3 is 0 Å². The minimum atomic E-state index is 0.211. The van der Waals surface area contributed by atoms with Gasteiger partial charge in [0.2, 0.25) is 0 Å². The van der Waals surface area contributed by atoms with Gasteiger partial charge in [0.05, 0.1) is 0 Å². The molecule has 0 amide bonds. The van der Waals surface area contributed by atoms with Gasteiger partial charge in [-0.2, -0.15) is 0 Å². The summed E-state index contributed by atoms with van der Waals surface area (Å²) < 4.78 is 0. The molecule has 0 spiro atoms. The number of carbonyl (C=O) groups excluding carboxylic acids is 1. The van der Waals surface area contributed by atoms with Crippen LogP contribution in [-0.2, 0) is 0 Å². The van der Waals surface area contributed by atoms with Crippen LogP contribution in [0.25, 0.3) is 0 Å². The number of ketones is 1. The maximum Gasteiger partial charge on any atom is 0.162 e. The molecule has 0 atom stereocenters. The molecule has 1 aromatic rings. The molecule has 0 fully saturated rings. The number of hydrogen-bond acceptors (Lipinski definition) is 2. The van der Waals surface area contributed by atoms with Crippen LogP contribution in [-0.4, -0.2) is 5.78 Å². The standard InChI is InChI=1S/C14H19NO/c1-11-7-9-13(10-8-11)14(16)6-4-3-5-12(2)15/h7-10H,2-6,15H2,1H3. The molecule has 0 aliphatic heterocycles. The van der Waals surface area contributed by atoms with Crippen LogP contribution < -0.4 is 5.73 Å². The van der Waals surface area contributed by atoms with Crippen molar-refractivity contribution in [2.24, 2.45) is 5.73 Å². The van der Waals surface area contributed by atoms with Crippen LogP contribution >= 0.6 is 0 Å². The Kier molecular flexibility index (Phi) is 4.77. The summed E-state index contributed by atoms with van der Waals surface area (Å²) in [5, 5.41) is 0. The summed E-state index contributed by atoms with van der Waals surface area (Å²) in [5.41, 5.74) is 8.13. The van der Waals surface area contributed by atoms with E-state index < -0.39 is 0 Å². The van der Waals surface area contributed by atoms with Crippen molar-refractivity contribution in [3.63, 3.8) is 0 Å². The quantitative estimate of drug-likeness (QED) is 0.587. The maximum absolute atomic E-state index is 11.7. The van der Waals surface area contributed by atoms with Crippen LogP contribution in [0.4, 0.5) is 0 Å². The van der Waals surface area contributed by atoms with E-state index in [9.17, 15) is 4.79 Å². The molecule has 0 saturated heterocycles. The predicted octanol–water partition coefficient (Wildman–Crippen LogP) is 3.21. The highest BCUT2D eigenvalue weighted by molar-refractivity contribution is 5.96. The summed E-state index contributed by atoms with van der Waals surface area (Å²) in [5.74, 6) is 0.211. The summed E-state index contributed by atoms with van der Waals surface area (Å²) in [6.07, 6.45) is 3.22. The van der Waals surface area contributed by atoms with E-state index in [1.165, 1.54) is 5.56 Å². The van der Waals surface area contributed by atoms with Gasteiger partial charge in [0.1, 0.15) is 0 Å². The zero-order chi connectivity index (χ0) is 12.0. The van der Waals surface area contributed by atoms with Crippen LogP contribution in [0.3, 0.4) is 0 Å². The number of carbonyl (C=O) groups is 1. The number of allylic oxidation sites excluding steroid dienone is 1. The first-order valence-corrected chi connectivity index (χ1v) is 5.62. The lowest BCUT2D eigenvalue weighted by Gasteiger charge is -2.02. The summed E-state index contributed by atoms with van der Waals surface area (Å²) >= 11 is 0. The zero-order valence-electron chi connectivity index (χ0n) is 9.83. The SMILES string of the molecule is C=C(N)CCCCC(=O)c1ccc(C)cc1. The van der Waals surface area contributed by atoms with Gasteiger partial charge in [0.25, 0.3) is 0 Å². The van der Waals surface area contributed by atoms with Crippen LogP contribution in [0.1, 0.15) is 41.6 Å². The average Bonchev–Trinajstić information content (AvgIpc) is 2.25. The average molecular weight is 217 g/mol. The minimum Gasteiger partial charge on any atom is -0.403 e. The number of unbranched alkanes of at least 4 members (excludes halogenated alkanes) is 1. The van der Waals surface area contributed by atoms with Crippen molar-refractivity contribution in [2.75, 3.05) is 0 Å². The zero-order valence-corrected chi connectivity index (χ0v) is 9.83. The number of aryl methyl sites for hydroxylation is 1. The fourth-order valence-electron chi connectivity index (χ4n) is 1.52. The second-order valence-electron chi connectivity index (χ2n) is 4.15. The molecule has 2 nitrogen and oxygen atoms in total. The highest BCUT2D eigenvalue weighted by Gasteiger charge is 2.04. The second kappa shape index (κ2) is 6.11. The van der Waals surface area contributed by atoms with Gasteiger partial charge in [-0.25, -0.2) is 0 Å². The lowest BCUT2D eigenvalue weighted by Crippen LogP contribution is -2.00. The van der Waals surface area contributed by atoms with Crippen LogP contribution in [0.5, 0.6) is 0 Å². The van der Waals surface area contributed by atoms with E-state index in [1.54, 1.807) is 0 Å². The topological polar surface area (TPSA) is 43.1 Å². The van der Waals surface area contributed by atoms with Crippen molar-refractivity contribution in [1.29, 1.82) is 0 Å². The number of nitrogens with two attached hydrogens (primary N) is 1. The Hall–Kier alpha value is -1.57. The lowest BCUT2D eigenvalue weighted by atomic mass is 10.0. The third-order valence-electron chi connectivity index (χ3n) is 2.53. The highest BCUT2D eigenvalue weighted by Crippen LogP contribution is 2.10. The molecular weight excluding hydrogens is 198 g/mol. The van der Waals surface area contributed by atoms with E-state index in [4.69, 9.17) is 5.73 Å². The smallest absolute Gasteiger partial charge is 0.162 e. The monoisotopic (exact) mass is 217 g/mol. The third-order valence-corrected chi connectivity index (χ3v) is 2.53. The summed E-state index contributed by atoms with van der Waals surface area (Å²) in [6.45, 7) is 5.65. The molecule has 0 radical (unpaired) electrons. The van der Waals surface area contributed by atoms with E-state index in [1.807, 2.05) is 31.2 Å². The molecule has 0 heterocycles. The Morgan fingerprint density at radius 1 is 1.19 bits per heavy atom. The first-order valence-electron chi connectivity index (χ1n) is 5.62.